The van der Waals surface area contributed by atoms with Gasteiger partial charge in [-0.1, -0.05) is 12.5 Å². The van der Waals surface area contributed by atoms with Crippen LogP contribution in [0.15, 0.2) is 46.9 Å². The molecule has 33 heavy (non-hydrogen) atoms. The number of hydrogen-bond donors (Lipinski definition) is 1. The third kappa shape index (κ3) is 3.34. The average Bonchev–Trinajstić information content (AvgIpc) is 3.34. The molecule has 1 atom stereocenters. The van der Waals surface area contributed by atoms with E-state index in [2.05, 4.69) is 15.1 Å². The van der Waals surface area contributed by atoms with Gasteiger partial charge in [-0.25, -0.2) is 9.97 Å². The van der Waals surface area contributed by atoms with Gasteiger partial charge in [0.15, 0.2) is 5.75 Å². The number of aryl methyl sites for hydroxylation is 2. The Morgan fingerprint density at radius 1 is 1.15 bits per heavy atom. The van der Waals surface area contributed by atoms with E-state index in [0.717, 1.165) is 58.5 Å². The van der Waals surface area contributed by atoms with Crippen LogP contribution in [0.5, 0.6) is 5.75 Å². The lowest BCUT2D eigenvalue weighted by molar-refractivity contribution is 0.468. The van der Waals surface area contributed by atoms with Crippen LogP contribution in [0.4, 0.5) is 0 Å². The van der Waals surface area contributed by atoms with Gasteiger partial charge in [0, 0.05) is 35.8 Å². The van der Waals surface area contributed by atoms with Crippen molar-refractivity contribution >= 4 is 43.4 Å². The molecular weight excluding hydrogens is 454 g/mol. The van der Waals surface area contributed by atoms with E-state index < -0.39 is 10.8 Å². The molecule has 0 saturated heterocycles. The Kier molecular flexibility index (Phi) is 4.77. The van der Waals surface area contributed by atoms with E-state index in [0.29, 0.717) is 14.4 Å². The minimum atomic E-state index is -1.23. The Morgan fingerprint density at radius 3 is 2.73 bits per heavy atom. The van der Waals surface area contributed by atoms with Gasteiger partial charge in [0.25, 0.3) is 0 Å². The van der Waals surface area contributed by atoms with Gasteiger partial charge in [-0.15, -0.1) is 11.3 Å². The molecule has 7 nitrogen and oxygen atoms in total. The summed E-state index contributed by atoms with van der Waals surface area (Å²) < 4.78 is 15.4. The lowest BCUT2D eigenvalue weighted by Crippen LogP contribution is -2.22. The first-order valence-electron chi connectivity index (χ1n) is 10.8. The third-order valence-corrected chi connectivity index (χ3v) is 9.44. The Hall–Kier alpha value is -3.17. The smallest absolute Gasteiger partial charge is 0.152 e. The van der Waals surface area contributed by atoms with Crippen LogP contribution >= 0.6 is 11.3 Å². The van der Waals surface area contributed by atoms with Crippen molar-refractivity contribution in [2.24, 2.45) is 7.05 Å². The molecule has 1 N–H and O–H groups in total. The topological polar surface area (TPSA) is 93.8 Å². The van der Waals surface area contributed by atoms with Gasteiger partial charge in [-0.3, -0.25) is 13.9 Å². The van der Waals surface area contributed by atoms with Crippen LogP contribution in [-0.4, -0.2) is 39.3 Å². The molecule has 0 amide bonds. The molecule has 6 rings (SSSR count). The summed E-state index contributed by atoms with van der Waals surface area (Å²) in [5.41, 5.74) is 5.81. The molecule has 1 fully saturated rings. The number of nitrogens with zero attached hydrogens (tertiary/aromatic N) is 5. The monoisotopic (exact) mass is 475 g/mol. The van der Waals surface area contributed by atoms with Crippen LogP contribution in [-0.2, 0) is 17.8 Å². The van der Waals surface area contributed by atoms with Crippen LogP contribution in [0.1, 0.15) is 25.0 Å². The molecular formula is C24H21N5O2S2. The fraction of sp³-hybridized carbons (Fsp3) is 0.250. The van der Waals surface area contributed by atoms with E-state index in [-0.39, 0.29) is 11.0 Å². The lowest BCUT2D eigenvalue weighted by atomic mass is 10.0. The van der Waals surface area contributed by atoms with Crippen LogP contribution in [0.25, 0.3) is 43.8 Å². The summed E-state index contributed by atoms with van der Waals surface area (Å²) in [5.74, 6) is 0.0792. The Morgan fingerprint density at radius 2 is 2.00 bits per heavy atom. The summed E-state index contributed by atoms with van der Waals surface area (Å²) in [6.07, 6.45) is 6.45. The minimum Gasteiger partial charge on any atom is -0.505 e. The fourth-order valence-electron chi connectivity index (χ4n) is 4.19. The van der Waals surface area contributed by atoms with Crippen molar-refractivity contribution in [3.8, 4) is 28.3 Å². The van der Waals surface area contributed by atoms with Crippen LogP contribution in [0.2, 0.25) is 0 Å². The number of pyridine rings is 1. The highest BCUT2D eigenvalue weighted by Crippen LogP contribution is 2.46. The maximum absolute atomic E-state index is 13.1. The number of hydrogen-bond acceptors (Lipinski definition) is 7. The highest BCUT2D eigenvalue weighted by molar-refractivity contribution is 7.88. The number of aromatic hydroxyl groups is 1. The standard InChI is InChI=1S/C24H21N5O2S2/c1-13-12-25-17-7-6-14(10-19(17)27-13)18-11-16(20-8-9-26-29(20)2)21-22(30)24(32-23(21)28-18)33(31)15-4-3-5-15/h6-12,15,30H,3-5H2,1-2H3. The highest BCUT2D eigenvalue weighted by Gasteiger charge is 2.30. The van der Waals surface area contributed by atoms with Crippen molar-refractivity contribution < 1.29 is 9.32 Å². The summed E-state index contributed by atoms with van der Waals surface area (Å²) >= 11 is 1.32. The maximum Gasteiger partial charge on any atom is 0.152 e. The number of rotatable bonds is 4. The van der Waals surface area contributed by atoms with E-state index in [9.17, 15) is 9.32 Å². The molecule has 166 valence electrons. The summed E-state index contributed by atoms with van der Waals surface area (Å²) in [4.78, 5) is 14.6. The molecule has 0 spiro atoms. The Bertz CT molecular complexity index is 1570. The molecule has 9 heteroatoms. The van der Waals surface area contributed by atoms with Gasteiger partial charge in [-0.2, -0.15) is 5.10 Å². The molecule has 1 aliphatic rings. The summed E-state index contributed by atoms with van der Waals surface area (Å²) in [7, 11) is 0.637. The van der Waals surface area contributed by atoms with E-state index in [1.54, 1.807) is 17.1 Å². The Labute approximate surface area is 196 Å². The molecule has 0 bridgehead atoms. The first-order chi connectivity index (χ1) is 16.0. The summed E-state index contributed by atoms with van der Waals surface area (Å²) in [6, 6.07) is 9.78. The second kappa shape index (κ2) is 7.71. The molecule has 4 aromatic heterocycles. The zero-order valence-electron chi connectivity index (χ0n) is 18.1. The number of aromatic nitrogens is 5. The van der Waals surface area contributed by atoms with Gasteiger partial charge in [0.1, 0.15) is 9.04 Å². The molecule has 1 aromatic carbocycles. The van der Waals surface area contributed by atoms with Gasteiger partial charge in [0.05, 0.1) is 44.3 Å². The predicted octanol–water partition coefficient (Wildman–Crippen LogP) is 4.98. The van der Waals surface area contributed by atoms with E-state index in [4.69, 9.17) is 4.98 Å². The quantitative estimate of drug-likeness (QED) is 0.394. The molecule has 1 aliphatic carbocycles. The highest BCUT2D eigenvalue weighted by atomic mass is 32.2. The Balaban J connectivity index is 1.59. The van der Waals surface area contributed by atoms with Crippen molar-refractivity contribution in [1.29, 1.82) is 0 Å². The lowest BCUT2D eigenvalue weighted by Gasteiger charge is -2.23. The van der Waals surface area contributed by atoms with Crippen molar-refractivity contribution in [2.45, 2.75) is 35.6 Å². The van der Waals surface area contributed by atoms with Gasteiger partial charge in [0.2, 0.25) is 0 Å². The molecule has 5 aromatic rings. The zero-order chi connectivity index (χ0) is 22.7. The number of thiophene rings is 1. The number of benzene rings is 1. The zero-order valence-corrected chi connectivity index (χ0v) is 19.8. The second-order valence-electron chi connectivity index (χ2n) is 8.38. The molecule has 0 aliphatic heterocycles. The molecule has 4 heterocycles. The van der Waals surface area contributed by atoms with Crippen LogP contribution in [0.3, 0.4) is 0 Å². The first-order valence-corrected chi connectivity index (χ1v) is 12.8. The van der Waals surface area contributed by atoms with Crippen LogP contribution in [0, 0.1) is 6.92 Å². The van der Waals surface area contributed by atoms with Gasteiger partial charge in [-0.05, 0) is 44.0 Å². The van der Waals surface area contributed by atoms with Crippen LogP contribution < -0.4 is 0 Å². The van der Waals surface area contributed by atoms with Crippen molar-refractivity contribution in [3.05, 3.63) is 48.4 Å². The minimum absolute atomic E-state index is 0.0792. The molecule has 0 radical (unpaired) electrons. The third-order valence-electron chi connectivity index (χ3n) is 6.20. The van der Waals surface area contributed by atoms with E-state index in [1.807, 2.05) is 44.3 Å². The summed E-state index contributed by atoms with van der Waals surface area (Å²) in [5, 5.41) is 16.2. The largest absolute Gasteiger partial charge is 0.505 e. The maximum atomic E-state index is 13.1. The molecule has 1 unspecified atom stereocenters. The second-order valence-corrected chi connectivity index (χ2v) is 11.3. The van der Waals surface area contributed by atoms with Crippen molar-refractivity contribution in [1.82, 2.24) is 24.7 Å². The first kappa shape index (κ1) is 20.4. The van der Waals surface area contributed by atoms with E-state index >= 15 is 0 Å². The van der Waals surface area contributed by atoms with Gasteiger partial charge >= 0.3 is 0 Å². The molecule has 1 saturated carbocycles. The van der Waals surface area contributed by atoms with E-state index in [1.165, 1.54) is 11.3 Å². The predicted molar refractivity (Wildman–Crippen MR) is 131 cm³/mol. The summed E-state index contributed by atoms with van der Waals surface area (Å²) in [6.45, 7) is 1.92. The number of fused-ring (bicyclic) bond motifs is 2. The van der Waals surface area contributed by atoms with Crippen molar-refractivity contribution in [3.63, 3.8) is 0 Å². The normalized spacial score (nSPS) is 15.2. The van der Waals surface area contributed by atoms with Gasteiger partial charge < -0.3 is 5.11 Å². The van der Waals surface area contributed by atoms with Crippen molar-refractivity contribution in [2.75, 3.05) is 0 Å². The fourth-order valence-corrected chi connectivity index (χ4v) is 7.34. The SMILES string of the molecule is Cc1cnc2ccc(-c3cc(-c4ccnn4C)c4c(O)c(S(=O)C5CCC5)sc4n3)cc2n1. The average molecular weight is 476 g/mol.